The van der Waals surface area contributed by atoms with Gasteiger partial charge in [-0.1, -0.05) is 111 Å². The second-order valence-electron chi connectivity index (χ2n) is 17.7. The van der Waals surface area contributed by atoms with Crippen molar-refractivity contribution in [1.82, 2.24) is 4.90 Å². The van der Waals surface area contributed by atoms with E-state index in [0.29, 0.717) is 31.6 Å². The van der Waals surface area contributed by atoms with Gasteiger partial charge in [0.05, 0.1) is 0 Å². The Hall–Kier alpha value is -2.90. The average Bonchev–Trinajstić information content (AvgIpc) is 2.99. The van der Waals surface area contributed by atoms with Gasteiger partial charge >= 0.3 is 11.9 Å². The molecule has 0 amide bonds. The van der Waals surface area contributed by atoms with E-state index in [1.54, 1.807) is 0 Å². The molecular formula is C43H67NO6. The summed E-state index contributed by atoms with van der Waals surface area (Å²) in [6.45, 7) is 25.9. The van der Waals surface area contributed by atoms with E-state index in [1.165, 1.54) is 0 Å². The van der Waals surface area contributed by atoms with Gasteiger partial charge < -0.3 is 19.7 Å². The highest BCUT2D eigenvalue weighted by Crippen LogP contribution is 2.58. The van der Waals surface area contributed by atoms with Crippen molar-refractivity contribution in [3.8, 4) is 5.75 Å². The number of hydrogen-bond acceptors (Lipinski definition) is 7. The molecule has 0 radical (unpaired) electrons. The molecule has 1 heterocycles. The number of phenols is 1. The van der Waals surface area contributed by atoms with Gasteiger partial charge in [0.2, 0.25) is 5.79 Å². The van der Waals surface area contributed by atoms with Crippen LogP contribution in [0.2, 0.25) is 0 Å². The van der Waals surface area contributed by atoms with Crippen LogP contribution in [0.25, 0.3) is 0 Å². The maximum absolute atomic E-state index is 13.5. The van der Waals surface area contributed by atoms with Crippen LogP contribution in [-0.2, 0) is 43.7 Å². The van der Waals surface area contributed by atoms with Crippen LogP contribution in [-0.4, -0.2) is 57.1 Å². The summed E-state index contributed by atoms with van der Waals surface area (Å²) in [6, 6.07) is 13.9. The van der Waals surface area contributed by atoms with Crippen molar-refractivity contribution in [3.63, 3.8) is 0 Å². The molecule has 50 heavy (non-hydrogen) atoms. The molecule has 0 saturated carbocycles. The SMILES string of the molecule is CCCc1cc(CCC(=O)OCCN2C(C)(C)C(CCC)C(O)(OC(=O)CCc3ccccc3)C(C(C)(C)C)C2(C)C)cc(C(C)(C)C)c1O. The highest BCUT2D eigenvalue weighted by Gasteiger charge is 2.68. The second kappa shape index (κ2) is 16.2. The first-order chi connectivity index (χ1) is 23.1. The summed E-state index contributed by atoms with van der Waals surface area (Å²) < 4.78 is 12.2. The lowest BCUT2D eigenvalue weighted by atomic mass is 9.54. The molecule has 7 heteroatoms. The number of aromatic hydroxyl groups is 1. The fraction of sp³-hybridized carbons (Fsp3) is 0.674. The maximum atomic E-state index is 13.5. The molecular weight excluding hydrogens is 626 g/mol. The zero-order valence-electron chi connectivity index (χ0n) is 33.2. The lowest BCUT2D eigenvalue weighted by Crippen LogP contribution is -2.78. The van der Waals surface area contributed by atoms with Gasteiger partial charge in [-0.15, -0.1) is 0 Å². The number of benzene rings is 2. The van der Waals surface area contributed by atoms with E-state index in [4.69, 9.17) is 9.47 Å². The van der Waals surface area contributed by atoms with Crippen LogP contribution in [0.1, 0.15) is 137 Å². The molecule has 7 nitrogen and oxygen atoms in total. The molecule has 3 atom stereocenters. The largest absolute Gasteiger partial charge is 0.507 e. The molecule has 0 aliphatic carbocycles. The number of rotatable bonds is 14. The number of aryl methyl sites for hydroxylation is 3. The Morgan fingerprint density at radius 1 is 0.820 bits per heavy atom. The van der Waals surface area contributed by atoms with Gasteiger partial charge in [-0.05, 0) is 86.5 Å². The van der Waals surface area contributed by atoms with Crippen molar-refractivity contribution in [2.24, 2.45) is 17.3 Å². The molecule has 3 rings (SSSR count). The summed E-state index contributed by atoms with van der Waals surface area (Å²) in [5, 5.41) is 23.7. The van der Waals surface area contributed by atoms with E-state index in [-0.39, 0.29) is 36.8 Å². The number of ether oxygens (including phenoxy) is 2. The number of esters is 2. The Labute approximate surface area is 303 Å². The Morgan fingerprint density at radius 2 is 1.42 bits per heavy atom. The third-order valence-electron chi connectivity index (χ3n) is 10.8. The fourth-order valence-corrected chi connectivity index (χ4v) is 9.17. The molecule has 280 valence electrons. The standard InChI is InChI=1S/C43H67NO6/c1-13-18-32-28-31(29-33(37(32)47)39(3,4)5)23-24-35(45)49-27-26-44-41(9,10)34(19-14-2)43(48,38(40(6,7)8)42(44,11)12)50-36(46)25-22-30-20-16-15-17-21-30/h15-17,20-21,28-29,34,38,47-48H,13-14,18-19,22-27H2,1-12H3. The Balaban J connectivity index is 1.80. The number of carbonyl (C=O) groups excluding carboxylic acids is 2. The smallest absolute Gasteiger partial charge is 0.308 e. The number of phenolic OH excluding ortho intramolecular Hbond substituents is 1. The van der Waals surface area contributed by atoms with E-state index in [9.17, 15) is 19.8 Å². The van der Waals surface area contributed by atoms with Gasteiger partial charge in [0.25, 0.3) is 0 Å². The van der Waals surface area contributed by atoms with Gasteiger partial charge in [-0.2, -0.15) is 0 Å². The first-order valence-electron chi connectivity index (χ1n) is 18.9. The predicted molar refractivity (Wildman–Crippen MR) is 202 cm³/mol. The number of nitrogens with zero attached hydrogens (tertiary/aromatic N) is 1. The van der Waals surface area contributed by atoms with Crippen molar-refractivity contribution < 1.29 is 29.3 Å². The number of hydrogen-bond donors (Lipinski definition) is 2. The molecule has 1 saturated heterocycles. The van der Waals surface area contributed by atoms with Crippen LogP contribution in [0.15, 0.2) is 42.5 Å². The van der Waals surface area contributed by atoms with E-state index in [0.717, 1.165) is 41.5 Å². The monoisotopic (exact) mass is 693 g/mol. The zero-order valence-corrected chi connectivity index (χ0v) is 33.2. The fourth-order valence-electron chi connectivity index (χ4n) is 9.17. The normalized spacial score (nSPS) is 22.3. The van der Waals surface area contributed by atoms with Gasteiger partial charge in [0.15, 0.2) is 0 Å². The van der Waals surface area contributed by atoms with Crippen molar-refractivity contribution in [3.05, 3.63) is 64.7 Å². The quantitative estimate of drug-likeness (QED) is 0.151. The zero-order chi connectivity index (χ0) is 37.7. The third-order valence-corrected chi connectivity index (χ3v) is 10.8. The maximum Gasteiger partial charge on any atom is 0.308 e. The predicted octanol–water partition coefficient (Wildman–Crippen LogP) is 8.93. The van der Waals surface area contributed by atoms with Gasteiger partial charge in [-0.25, -0.2) is 0 Å². The first kappa shape index (κ1) is 41.5. The van der Waals surface area contributed by atoms with Crippen molar-refractivity contribution in [2.75, 3.05) is 13.2 Å². The molecule has 2 N–H and O–H groups in total. The molecule has 0 aromatic heterocycles. The van der Waals surface area contributed by atoms with Crippen molar-refractivity contribution >= 4 is 11.9 Å². The van der Waals surface area contributed by atoms with Crippen molar-refractivity contribution in [2.45, 2.75) is 157 Å². The summed E-state index contributed by atoms with van der Waals surface area (Å²) in [6.07, 6.45) is 4.69. The van der Waals surface area contributed by atoms with E-state index in [2.05, 4.69) is 88.0 Å². The highest BCUT2D eigenvalue weighted by atomic mass is 16.7. The second-order valence-corrected chi connectivity index (χ2v) is 17.7. The molecule has 1 aliphatic heterocycles. The number of likely N-dealkylation sites (tertiary alicyclic amines) is 1. The van der Waals surface area contributed by atoms with Crippen LogP contribution in [0.4, 0.5) is 0 Å². The van der Waals surface area contributed by atoms with Gasteiger partial charge in [0, 0.05) is 42.3 Å². The van der Waals surface area contributed by atoms with Crippen LogP contribution in [0, 0.1) is 17.3 Å². The van der Waals surface area contributed by atoms with E-state index >= 15 is 0 Å². The molecule has 0 spiro atoms. The van der Waals surface area contributed by atoms with Crippen LogP contribution in [0.3, 0.4) is 0 Å². The number of piperidine rings is 1. The minimum Gasteiger partial charge on any atom is -0.507 e. The first-order valence-corrected chi connectivity index (χ1v) is 18.9. The molecule has 2 aromatic rings. The minimum atomic E-state index is -1.70. The Morgan fingerprint density at radius 3 is 1.98 bits per heavy atom. The van der Waals surface area contributed by atoms with E-state index < -0.39 is 34.2 Å². The van der Waals surface area contributed by atoms with Crippen LogP contribution in [0.5, 0.6) is 5.75 Å². The van der Waals surface area contributed by atoms with Gasteiger partial charge in [0.1, 0.15) is 12.4 Å². The lowest BCUT2D eigenvalue weighted by molar-refractivity contribution is -0.342. The summed E-state index contributed by atoms with van der Waals surface area (Å²) in [5.41, 5.74) is 2.04. The summed E-state index contributed by atoms with van der Waals surface area (Å²) in [7, 11) is 0. The minimum absolute atomic E-state index is 0.185. The van der Waals surface area contributed by atoms with Crippen LogP contribution < -0.4 is 0 Å². The molecule has 2 aromatic carbocycles. The van der Waals surface area contributed by atoms with Crippen LogP contribution >= 0.6 is 0 Å². The summed E-state index contributed by atoms with van der Waals surface area (Å²) >= 11 is 0. The number of aliphatic hydroxyl groups is 1. The van der Waals surface area contributed by atoms with E-state index in [1.807, 2.05) is 42.5 Å². The molecule has 0 bridgehead atoms. The lowest BCUT2D eigenvalue weighted by Gasteiger charge is -2.67. The Kier molecular flexibility index (Phi) is 13.4. The topological polar surface area (TPSA) is 96.3 Å². The molecule has 3 unspecified atom stereocenters. The average molecular weight is 694 g/mol. The summed E-state index contributed by atoms with van der Waals surface area (Å²) in [4.78, 5) is 29.0. The number of carbonyl (C=O) groups is 2. The third kappa shape index (κ3) is 9.50. The summed E-state index contributed by atoms with van der Waals surface area (Å²) in [5.74, 6) is -2.81. The highest BCUT2D eigenvalue weighted by molar-refractivity contribution is 5.70. The molecule has 1 fully saturated rings. The van der Waals surface area contributed by atoms with Gasteiger partial charge in [-0.3, -0.25) is 14.5 Å². The molecule has 1 aliphatic rings. The van der Waals surface area contributed by atoms with Crippen molar-refractivity contribution in [1.29, 1.82) is 0 Å². The Bertz CT molecular complexity index is 1430.